The molecule has 1 aliphatic carbocycles. The lowest BCUT2D eigenvalue weighted by Crippen LogP contribution is -2.37. The summed E-state index contributed by atoms with van der Waals surface area (Å²) in [6.45, 7) is 3.57. The summed E-state index contributed by atoms with van der Waals surface area (Å²) in [5, 5.41) is 10.5. The highest BCUT2D eigenvalue weighted by atomic mass is 19.1. The maximum atomic E-state index is 13.4. The van der Waals surface area contributed by atoms with Crippen molar-refractivity contribution in [3.8, 4) is 0 Å². The molecule has 2 atom stereocenters. The van der Waals surface area contributed by atoms with E-state index in [2.05, 4.69) is 24.0 Å². The van der Waals surface area contributed by atoms with Gasteiger partial charge in [-0.25, -0.2) is 4.39 Å². The molecule has 2 nitrogen and oxygen atoms in total. The first-order chi connectivity index (χ1) is 11.1. The molecule has 2 aromatic rings. The Morgan fingerprint density at radius 2 is 1.87 bits per heavy atom. The van der Waals surface area contributed by atoms with Gasteiger partial charge in [0.2, 0.25) is 0 Å². The predicted octanol–water partition coefficient (Wildman–Crippen LogP) is 4.16. The van der Waals surface area contributed by atoms with Gasteiger partial charge in [0.05, 0.1) is 6.10 Å². The van der Waals surface area contributed by atoms with Gasteiger partial charge in [0, 0.05) is 19.1 Å². The SMILES string of the molecule is C[C@H](C1CC1)N(Cc1ccccc1)C[C@@H](O)c1cccc(F)c1. The van der Waals surface area contributed by atoms with E-state index in [0.717, 1.165) is 12.5 Å². The molecule has 122 valence electrons. The highest BCUT2D eigenvalue weighted by molar-refractivity contribution is 5.19. The van der Waals surface area contributed by atoms with E-state index >= 15 is 0 Å². The molecule has 0 saturated heterocycles. The van der Waals surface area contributed by atoms with E-state index in [4.69, 9.17) is 0 Å². The molecule has 1 aliphatic rings. The van der Waals surface area contributed by atoms with Crippen LogP contribution in [0.2, 0.25) is 0 Å². The largest absolute Gasteiger partial charge is 0.387 e. The van der Waals surface area contributed by atoms with Crippen LogP contribution >= 0.6 is 0 Å². The van der Waals surface area contributed by atoms with Crippen molar-refractivity contribution in [2.24, 2.45) is 5.92 Å². The van der Waals surface area contributed by atoms with Crippen molar-refractivity contribution < 1.29 is 9.50 Å². The van der Waals surface area contributed by atoms with E-state index in [-0.39, 0.29) is 5.82 Å². The number of aliphatic hydroxyl groups excluding tert-OH is 1. The lowest BCUT2D eigenvalue weighted by Gasteiger charge is -2.31. The average molecular weight is 313 g/mol. The number of hydrogen-bond donors (Lipinski definition) is 1. The van der Waals surface area contributed by atoms with Crippen LogP contribution in [0.4, 0.5) is 4.39 Å². The molecule has 0 amide bonds. The molecule has 0 spiro atoms. The number of nitrogens with zero attached hydrogens (tertiary/aromatic N) is 1. The van der Waals surface area contributed by atoms with Gasteiger partial charge in [0.15, 0.2) is 0 Å². The zero-order valence-corrected chi connectivity index (χ0v) is 13.5. The summed E-state index contributed by atoms with van der Waals surface area (Å²) in [4.78, 5) is 2.32. The molecule has 0 heterocycles. The Bertz CT molecular complexity index is 627. The van der Waals surface area contributed by atoms with Gasteiger partial charge in [-0.05, 0) is 48.9 Å². The lowest BCUT2D eigenvalue weighted by molar-refractivity contribution is 0.0792. The van der Waals surface area contributed by atoms with Crippen LogP contribution in [0.25, 0.3) is 0 Å². The van der Waals surface area contributed by atoms with Gasteiger partial charge in [-0.3, -0.25) is 4.90 Å². The smallest absolute Gasteiger partial charge is 0.123 e. The van der Waals surface area contributed by atoms with Gasteiger partial charge in [-0.1, -0.05) is 42.5 Å². The van der Waals surface area contributed by atoms with E-state index < -0.39 is 6.10 Å². The van der Waals surface area contributed by atoms with Gasteiger partial charge < -0.3 is 5.11 Å². The summed E-state index contributed by atoms with van der Waals surface area (Å²) in [6.07, 6.45) is 1.86. The van der Waals surface area contributed by atoms with Gasteiger partial charge >= 0.3 is 0 Å². The van der Waals surface area contributed by atoms with E-state index in [1.165, 1.54) is 30.5 Å². The summed E-state index contributed by atoms with van der Waals surface area (Å²) >= 11 is 0. The molecule has 0 unspecified atom stereocenters. The Kier molecular flexibility index (Phi) is 5.09. The van der Waals surface area contributed by atoms with Crippen LogP contribution in [0.1, 0.15) is 37.0 Å². The third-order valence-corrected chi connectivity index (χ3v) is 4.75. The zero-order valence-electron chi connectivity index (χ0n) is 13.5. The third kappa shape index (κ3) is 4.40. The number of benzene rings is 2. The predicted molar refractivity (Wildman–Crippen MR) is 90.4 cm³/mol. The van der Waals surface area contributed by atoms with E-state index in [0.29, 0.717) is 18.2 Å². The second-order valence-electron chi connectivity index (χ2n) is 6.56. The van der Waals surface area contributed by atoms with Crippen molar-refractivity contribution in [2.45, 2.75) is 38.5 Å². The highest BCUT2D eigenvalue weighted by Crippen LogP contribution is 2.36. The topological polar surface area (TPSA) is 23.5 Å². The Hall–Kier alpha value is -1.71. The summed E-state index contributed by atoms with van der Waals surface area (Å²) in [5.74, 6) is 0.421. The van der Waals surface area contributed by atoms with Crippen LogP contribution in [0.3, 0.4) is 0 Å². The minimum atomic E-state index is -0.671. The van der Waals surface area contributed by atoms with Crippen LogP contribution in [-0.4, -0.2) is 22.6 Å². The molecule has 1 saturated carbocycles. The summed E-state index contributed by atoms with van der Waals surface area (Å²) in [7, 11) is 0. The molecular formula is C20H24FNO. The molecule has 0 aliphatic heterocycles. The van der Waals surface area contributed by atoms with Gasteiger partial charge in [-0.2, -0.15) is 0 Å². The summed E-state index contributed by atoms with van der Waals surface area (Å²) in [6, 6.07) is 17.0. The molecule has 2 aromatic carbocycles. The van der Waals surface area contributed by atoms with Crippen LogP contribution < -0.4 is 0 Å². The first kappa shape index (κ1) is 16.2. The Labute approximate surface area is 137 Å². The first-order valence-electron chi connectivity index (χ1n) is 8.35. The van der Waals surface area contributed by atoms with Gasteiger partial charge in [0.25, 0.3) is 0 Å². The minimum Gasteiger partial charge on any atom is -0.387 e. The zero-order chi connectivity index (χ0) is 16.2. The molecule has 23 heavy (non-hydrogen) atoms. The molecule has 3 rings (SSSR count). The molecule has 0 aromatic heterocycles. The van der Waals surface area contributed by atoms with Crippen molar-refractivity contribution in [2.75, 3.05) is 6.54 Å². The van der Waals surface area contributed by atoms with Crippen LogP contribution in [-0.2, 0) is 6.54 Å². The van der Waals surface area contributed by atoms with Gasteiger partial charge in [0.1, 0.15) is 5.82 Å². The van der Waals surface area contributed by atoms with Crippen molar-refractivity contribution in [3.05, 3.63) is 71.5 Å². The van der Waals surface area contributed by atoms with Crippen molar-refractivity contribution in [3.63, 3.8) is 0 Å². The number of rotatable bonds is 7. The van der Waals surface area contributed by atoms with E-state index in [1.807, 2.05) is 18.2 Å². The van der Waals surface area contributed by atoms with Crippen LogP contribution in [0, 0.1) is 11.7 Å². The van der Waals surface area contributed by atoms with Crippen LogP contribution in [0.15, 0.2) is 54.6 Å². The quantitative estimate of drug-likeness (QED) is 0.829. The second kappa shape index (κ2) is 7.24. The average Bonchev–Trinajstić information content (AvgIpc) is 3.39. The van der Waals surface area contributed by atoms with Crippen molar-refractivity contribution in [1.29, 1.82) is 0 Å². The van der Waals surface area contributed by atoms with Crippen molar-refractivity contribution >= 4 is 0 Å². The fraction of sp³-hybridized carbons (Fsp3) is 0.400. The summed E-state index contributed by atoms with van der Waals surface area (Å²) < 4.78 is 13.4. The van der Waals surface area contributed by atoms with E-state index in [9.17, 15) is 9.50 Å². The number of aliphatic hydroxyl groups is 1. The molecule has 0 radical (unpaired) electrons. The molecule has 0 bridgehead atoms. The number of halogens is 1. The number of hydrogen-bond acceptors (Lipinski definition) is 2. The van der Waals surface area contributed by atoms with Crippen LogP contribution in [0.5, 0.6) is 0 Å². The van der Waals surface area contributed by atoms with Gasteiger partial charge in [-0.15, -0.1) is 0 Å². The Balaban J connectivity index is 1.72. The van der Waals surface area contributed by atoms with Crippen molar-refractivity contribution in [1.82, 2.24) is 4.90 Å². The Morgan fingerprint density at radius 1 is 1.13 bits per heavy atom. The van der Waals surface area contributed by atoms with E-state index in [1.54, 1.807) is 12.1 Å². The molecule has 3 heteroatoms. The fourth-order valence-corrected chi connectivity index (χ4v) is 3.11. The minimum absolute atomic E-state index is 0.300. The monoisotopic (exact) mass is 313 g/mol. The standard InChI is InChI=1S/C20H24FNO/c1-15(17-10-11-17)22(13-16-6-3-2-4-7-16)14-20(23)18-8-5-9-19(21)12-18/h2-9,12,15,17,20,23H,10-11,13-14H2,1H3/t15-,20-/m1/s1. The fourth-order valence-electron chi connectivity index (χ4n) is 3.11. The maximum Gasteiger partial charge on any atom is 0.123 e. The summed E-state index contributed by atoms with van der Waals surface area (Å²) in [5.41, 5.74) is 1.89. The molecule has 1 fully saturated rings. The lowest BCUT2D eigenvalue weighted by atomic mass is 10.1. The highest BCUT2D eigenvalue weighted by Gasteiger charge is 2.32. The molecular weight excluding hydrogens is 289 g/mol. The maximum absolute atomic E-state index is 13.4. The first-order valence-corrected chi connectivity index (χ1v) is 8.35. The Morgan fingerprint density at radius 3 is 2.52 bits per heavy atom. The normalized spacial score (nSPS) is 17.2. The third-order valence-electron chi connectivity index (χ3n) is 4.75. The second-order valence-corrected chi connectivity index (χ2v) is 6.56. The molecule has 1 N–H and O–H groups in total.